The number of thiophene rings is 1. The lowest BCUT2D eigenvalue weighted by Crippen LogP contribution is -2.27. The van der Waals surface area contributed by atoms with E-state index in [0.717, 1.165) is 41.0 Å². The van der Waals surface area contributed by atoms with Gasteiger partial charge in [-0.3, -0.25) is 9.36 Å². The molecule has 0 saturated carbocycles. The zero-order chi connectivity index (χ0) is 16.5. The van der Waals surface area contributed by atoms with Crippen LogP contribution in [0.25, 0.3) is 10.2 Å². The highest BCUT2D eigenvalue weighted by Crippen LogP contribution is 2.24. The van der Waals surface area contributed by atoms with Crippen molar-refractivity contribution in [3.05, 3.63) is 62.0 Å². The molecule has 1 aliphatic rings. The van der Waals surface area contributed by atoms with Gasteiger partial charge in [0.1, 0.15) is 4.83 Å². The molecule has 1 fully saturated rings. The molecule has 24 heavy (non-hydrogen) atoms. The Hall–Kier alpha value is -1.76. The standard InChI is InChI=1S/C18H18N2O2S2/c21-17-15-10-14(9-12-5-2-1-3-6-12)24-16(15)19-18(23)20(17)11-13-7-4-8-22-13/h1-3,5-6,10,13H,4,7-9,11H2,(H,19,23)/t13-/m1/s1. The Morgan fingerprint density at radius 3 is 2.92 bits per heavy atom. The fourth-order valence-corrected chi connectivity index (χ4v) is 4.54. The largest absolute Gasteiger partial charge is 0.376 e. The van der Waals surface area contributed by atoms with Crippen LogP contribution in [0.2, 0.25) is 0 Å². The third kappa shape index (κ3) is 3.09. The molecule has 4 rings (SSSR count). The lowest BCUT2D eigenvalue weighted by Gasteiger charge is -2.11. The Kier molecular flexibility index (Phi) is 4.35. The van der Waals surface area contributed by atoms with E-state index in [2.05, 4.69) is 17.1 Å². The van der Waals surface area contributed by atoms with Gasteiger partial charge in [0.25, 0.3) is 5.56 Å². The van der Waals surface area contributed by atoms with Crippen LogP contribution in [0.3, 0.4) is 0 Å². The Bertz CT molecular complexity index is 966. The molecule has 6 heteroatoms. The minimum absolute atomic E-state index is 0.0141. The summed E-state index contributed by atoms with van der Waals surface area (Å²) in [5.74, 6) is 0. The summed E-state index contributed by atoms with van der Waals surface area (Å²) in [6.07, 6.45) is 2.96. The number of nitrogens with one attached hydrogen (secondary N) is 1. The number of nitrogens with zero attached hydrogens (tertiary/aromatic N) is 1. The molecule has 0 radical (unpaired) electrons. The monoisotopic (exact) mass is 358 g/mol. The fraction of sp³-hybridized carbons (Fsp3) is 0.333. The number of hydrogen-bond acceptors (Lipinski definition) is 4. The minimum Gasteiger partial charge on any atom is -0.376 e. The molecule has 0 spiro atoms. The number of aromatic nitrogens is 2. The van der Waals surface area contributed by atoms with E-state index < -0.39 is 0 Å². The number of fused-ring (bicyclic) bond motifs is 1. The van der Waals surface area contributed by atoms with Gasteiger partial charge >= 0.3 is 0 Å². The van der Waals surface area contributed by atoms with E-state index in [1.165, 1.54) is 5.56 Å². The highest BCUT2D eigenvalue weighted by atomic mass is 32.1. The van der Waals surface area contributed by atoms with E-state index in [0.29, 0.717) is 11.3 Å². The van der Waals surface area contributed by atoms with Gasteiger partial charge in [-0.05, 0) is 36.7 Å². The summed E-state index contributed by atoms with van der Waals surface area (Å²) < 4.78 is 7.77. The van der Waals surface area contributed by atoms with Crippen LogP contribution in [0.1, 0.15) is 23.3 Å². The van der Waals surface area contributed by atoms with E-state index in [-0.39, 0.29) is 11.7 Å². The second-order valence-corrected chi connectivity index (χ2v) is 7.62. The highest BCUT2D eigenvalue weighted by Gasteiger charge is 2.18. The molecule has 3 aromatic rings. The fourth-order valence-electron chi connectivity index (χ4n) is 3.14. The number of ether oxygens (including phenoxy) is 1. The molecule has 124 valence electrons. The van der Waals surface area contributed by atoms with Gasteiger partial charge in [0.2, 0.25) is 0 Å². The zero-order valence-electron chi connectivity index (χ0n) is 13.2. The van der Waals surface area contributed by atoms with Gasteiger partial charge in [-0.2, -0.15) is 0 Å². The summed E-state index contributed by atoms with van der Waals surface area (Å²) in [4.78, 5) is 18.1. The van der Waals surface area contributed by atoms with Crippen LogP contribution in [0.15, 0.2) is 41.2 Å². The van der Waals surface area contributed by atoms with Crippen molar-refractivity contribution in [2.24, 2.45) is 0 Å². The molecule has 1 aliphatic heterocycles. The topological polar surface area (TPSA) is 47.0 Å². The van der Waals surface area contributed by atoms with Crippen LogP contribution in [0.4, 0.5) is 0 Å². The number of benzene rings is 1. The van der Waals surface area contributed by atoms with Gasteiger partial charge in [-0.15, -0.1) is 11.3 Å². The predicted octanol–water partition coefficient (Wildman–Crippen LogP) is 3.89. The smallest absolute Gasteiger partial charge is 0.263 e. The Labute approximate surface area is 148 Å². The van der Waals surface area contributed by atoms with E-state index in [9.17, 15) is 4.79 Å². The molecule has 2 aromatic heterocycles. The van der Waals surface area contributed by atoms with Crippen molar-refractivity contribution in [1.82, 2.24) is 9.55 Å². The molecule has 1 saturated heterocycles. The molecule has 0 unspecified atom stereocenters. The third-order valence-corrected chi connectivity index (χ3v) is 5.73. The van der Waals surface area contributed by atoms with Crippen LogP contribution in [-0.2, 0) is 17.7 Å². The van der Waals surface area contributed by atoms with E-state index in [4.69, 9.17) is 17.0 Å². The molecular weight excluding hydrogens is 340 g/mol. The first kappa shape index (κ1) is 15.7. The number of hydrogen-bond donors (Lipinski definition) is 1. The molecular formula is C18H18N2O2S2. The van der Waals surface area contributed by atoms with E-state index in [1.54, 1.807) is 15.9 Å². The van der Waals surface area contributed by atoms with Crippen LogP contribution in [0, 0.1) is 4.77 Å². The summed E-state index contributed by atoms with van der Waals surface area (Å²) in [6.45, 7) is 1.31. The van der Waals surface area contributed by atoms with Crippen molar-refractivity contribution < 1.29 is 4.74 Å². The third-order valence-electron chi connectivity index (χ3n) is 4.36. The van der Waals surface area contributed by atoms with Crippen LogP contribution < -0.4 is 5.56 Å². The maximum atomic E-state index is 12.8. The van der Waals surface area contributed by atoms with Gasteiger partial charge in [0.15, 0.2) is 4.77 Å². The van der Waals surface area contributed by atoms with Crippen LogP contribution in [0.5, 0.6) is 0 Å². The van der Waals surface area contributed by atoms with E-state index in [1.807, 2.05) is 24.3 Å². The maximum absolute atomic E-state index is 12.8. The minimum atomic E-state index is -0.0141. The van der Waals surface area contributed by atoms with Gasteiger partial charge in [-0.1, -0.05) is 30.3 Å². The second-order valence-electron chi connectivity index (χ2n) is 6.10. The van der Waals surface area contributed by atoms with Gasteiger partial charge in [0.05, 0.1) is 18.0 Å². The van der Waals surface area contributed by atoms with E-state index >= 15 is 0 Å². The van der Waals surface area contributed by atoms with Crippen molar-refractivity contribution >= 4 is 33.8 Å². The molecule has 1 N–H and O–H groups in total. The summed E-state index contributed by atoms with van der Waals surface area (Å²) in [6, 6.07) is 12.3. The Morgan fingerprint density at radius 2 is 2.17 bits per heavy atom. The van der Waals surface area contributed by atoms with Gasteiger partial charge in [-0.25, -0.2) is 0 Å². The zero-order valence-corrected chi connectivity index (χ0v) is 14.8. The summed E-state index contributed by atoms with van der Waals surface area (Å²) >= 11 is 7.00. The normalized spacial score (nSPS) is 17.6. The molecule has 0 aliphatic carbocycles. The lowest BCUT2D eigenvalue weighted by molar-refractivity contribution is 0.0957. The maximum Gasteiger partial charge on any atom is 0.263 e. The average molecular weight is 358 g/mol. The number of aromatic amines is 1. The summed E-state index contributed by atoms with van der Waals surface area (Å²) in [7, 11) is 0. The SMILES string of the molecule is O=c1c2cc(Cc3ccccc3)sc2[nH]c(=S)n1C[C@H]1CCCO1. The average Bonchev–Trinajstić information content (AvgIpc) is 3.22. The Balaban J connectivity index is 1.70. The molecule has 1 aromatic carbocycles. The first-order valence-corrected chi connectivity index (χ1v) is 9.34. The number of H-pyrrole nitrogens is 1. The molecule has 0 bridgehead atoms. The first-order valence-electron chi connectivity index (χ1n) is 8.12. The van der Waals surface area contributed by atoms with Gasteiger partial charge in [0, 0.05) is 17.9 Å². The molecule has 1 atom stereocenters. The summed E-state index contributed by atoms with van der Waals surface area (Å²) in [5.41, 5.74) is 1.22. The van der Waals surface area contributed by atoms with Crippen molar-refractivity contribution in [3.63, 3.8) is 0 Å². The number of rotatable bonds is 4. The van der Waals surface area contributed by atoms with Crippen molar-refractivity contribution in [2.75, 3.05) is 6.61 Å². The second kappa shape index (κ2) is 6.63. The van der Waals surface area contributed by atoms with Crippen molar-refractivity contribution in [2.45, 2.75) is 31.9 Å². The first-order chi connectivity index (χ1) is 11.7. The molecule has 3 heterocycles. The quantitative estimate of drug-likeness (QED) is 0.720. The Morgan fingerprint density at radius 1 is 1.33 bits per heavy atom. The lowest BCUT2D eigenvalue weighted by atomic mass is 10.1. The van der Waals surface area contributed by atoms with Crippen LogP contribution in [-0.4, -0.2) is 22.3 Å². The van der Waals surface area contributed by atoms with Crippen LogP contribution >= 0.6 is 23.6 Å². The highest BCUT2D eigenvalue weighted by molar-refractivity contribution is 7.71. The molecule has 4 nitrogen and oxygen atoms in total. The molecule has 0 amide bonds. The summed E-state index contributed by atoms with van der Waals surface area (Å²) in [5, 5.41) is 0.720. The van der Waals surface area contributed by atoms with Gasteiger partial charge < -0.3 is 9.72 Å². The predicted molar refractivity (Wildman–Crippen MR) is 99.5 cm³/mol. The van der Waals surface area contributed by atoms with Crippen molar-refractivity contribution in [3.8, 4) is 0 Å². The van der Waals surface area contributed by atoms with Crippen molar-refractivity contribution in [1.29, 1.82) is 0 Å².